The lowest BCUT2D eigenvalue weighted by atomic mass is 9.77. The Kier molecular flexibility index (Phi) is 4.88. The zero-order valence-corrected chi connectivity index (χ0v) is 21.1. The lowest BCUT2D eigenvalue weighted by Gasteiger charge is -2.27. The van der Waals surface area contributed by atoms with Crippen molar-refractivity contribution in [3.63, 3.8) is 0 Å². The zero-order valence-electron chi connectivity index (χ0n) is 18.9. The van der Waals surface area contributed by atoms with Gasteiger partial charge in [-0.3, -0.25) is 19.2 Å². The van der Waals surface area contributed by atoms with Crippen molar-refractivity contribution in [3.8, 4) is 0 Å². The molecule has 0 N–H and O–H groups in total. The van der Waals surface area contributed by atoms with Crippen LogP contribution >= 0.6 is 22.6 Å². The monoisotopic (exact) mass is 577 g/mol. The van der Waals surface area contributed by atoms with Crippen LogP contribution in [0.1, 0.15) is 43.5 Å². The van der Waals surface area contributed by atoms with Crippen molar-refractivity contribution in [2.75, 3.05) is 4.90 Å². The van der Waals surface area contributed by atoms with Crippen LogP contribution in [0.3, 0.4) is 0 Å². The quantitative estimate of drug-likeness (QED) is 0.253. The molecule has 0 aromatic heterocycles. The Hall–Kier alpha value is -3.17. The molecule has 2 saturated heterocycles. The van der Waals surface area contributed by atoms with E-state index >= 15 is 0 Å². The van der Waals surface area contributed by atoms with Gasteiger partial charge in [0.15, 0.2) is 0 Å². The molecule has 0 bridgehead atoms. The van der Waals surface area contributed by atoms with Crippen LogP contribution in [0.25, 0.3) is 0 Å². The number of hydrogen-bond donors (Lipinski definition) is 0. The molecule has 3 atom stereocenters. The molecule has 6 rings (SSSR count). The van der Waals surface area contributed by atoms with Crippen molar-refractivity contribution in [2.24, 2.45) is 11.8 Å². The predicted molar refractivity (Wildman–Crippen MR) is 136 cm³/mol. The minimum atomic E-state index is -2.05. The van der Waals surface area contributed by atoms with E-state index in [4.69, 9.17) is 4.74 Å². The van der Waals surface area contributed by atoms with Crippen LogP contribution in [0.15, 0.2) is 66.7 Å². The largest absolute Gasteiger partial charge is 0.349 e. The van der Waals surface area contributed by atoms with E-state index < -0.39 is 46.9 Å². The van der Waals surface area contributed by atoms with E-state index in [1.807, 2.05) is 44.2 Å². The second-order valence-corrected chi connectivity index (χ2v) is 10.6. The number of ketones is 2. The minimum Gasteiger partial charge on any atom is -0.349 e. The normalized spacial score (nSPS) is 24.4. The number of halogens is 1. The summed E-state index contributed by atoms with van der Waals surface area (Å²) in [6.07, 6.45) is -0.910. The summed E-state index contributed by atoms with van der Waals surface area (Å²) in [7, 11) is 0. The molecular formula is C28H20INO5. The third-order valence-electron chi connectivity index (χ3n) is 7.47. The van der Waals surface area contributed by atoms with Crippen molar-refractivity contribution in [1.29, 1.82) is 0 Å². The molecule has 174 valence electrons. The van der Waals surface area contributed by atoms with E-state index in [-0.39, 0.29) is 11.1 Å². The van der Waals surface area contributed by atoms with E-state index in [0.717, 1.165) is 19.6 Å². The molecule has 3 aromatic carbocycles. The average molecular weight is 577 g/mol. The second-order valence-electron chi connectivity index (χ2n) is 9.31. The SMILES string of the molecule is Cc1ccc(N2C(=O)C3C(c4ccc(I)cc4)OC4(C(=O)c5ccccc5C4=O)C3C2=O)cc1C. The minimum absolute atomic E-state index is 0.226. The number of Topliss-reactive ketones (excluding diaryl/α,β-unsaturated/α-hetero) is 2. The number of carbonyl (C=O) groups excluding carboxylic acids is 4. The van der Waals surface area contributed by atoms with E-state index in [1.54, 1.807) is 36.4 Å². The first kappa shape index (κ1) is 22.3. The first-order chi connectivity index (χ1) is 16.8. The number of imide groups is 1. The summed E-state index contributed by atoms with van der Waals surface area (Å²) < 4.78 is 7.30. The van der Waals surface area contributed by atoms with Crippen molar-refractivity contribution < 1.29 is 23.9 Å². The first-order valence-electron chi connectivity index (χ1n) is 11.3. The van der Waals surface area contributed by atoms with Gasteiger partial charge in [-0.05, 0) is 77.4 Å². The van der Waals surface area contributed by atoms with Crippen LogP contribution in [-0.4, -0.2) is 29.0 Å². The topological polar surface area (TPSA) is 80.8 Å². The average Bonchev–Trinajstić information content (AvgIpc) is 3.41. The fourth-order valence-electron chi connectivity index (χ4n) is 5.59. The lowest BCUT2D eigenvalue weighted by Crippen LogP contribution is -2.51. The maximum Gasteiger partial charge on any atom is 0.241 e. The van der Waals surface area contributed by atoms with Crippen LogP contribution in [-0.2, 0) is 14.3 Å². The number of benzene rings is 3. The van der Waals surface area contributed by atoms with Crippen molar-refractivity contribution in [1.82, 2.24) is 0 Å². The van der Waals surface area contributed by atoms with Crippen molar-refractivity contribution in [3.05, 3.63) is 98.1 Å². The maximum atomic E-state index is 13.9. The number of nitrogens with zero attached hydrogens (tertiary/aromatic N) is 1. The van der Waals surface area contributed by atoms with Gasteiger partial charge in [0, 0.05) is 14.7 Å². The number of aryl methyl sites for hydroxylation is 2. The molecule has 2 amide bonds. The van der Waals surface area contributed by atoms with Crippen LogP contribution in [0.4, 0.5) is 5.69 Å². The smallest absolute Gasteiger partial charge is 0.241 e. The number of carbonyl (C=O) groups is 4. The Morgan fingerprint density at radius 1 is 0.800 bits per heavy atom. The molecule has 2 fully saturated rings. The van der Waals surface area contributed by atoms with Gasteiger partial charge in [0.25, 0.3) is 0 Å². The van der Waals surface area contributed by atoms with Gasteiger partial charge in [-0.2, -0.15) is 0 Å². The van der Waals surface area contributed by atoms with Crippen molar-refractivity contribution >= 4 is 51.7 Å². The summed E-state index contributed by atoms with van der Waals surface area (Å²) in [4.78, 5) is 56.5. The fourth-order valence-corrected chi connectivity index (χ4v) is 5.95. The van der Waals surface area contributed by atoms with Gasteiger partial charge in [-0.1, -0.05) is 42.5 Å². The summed E-state index contributed by atoms with van der Waals surface area (Å²) >= 11 is 2.17. The van der Waals surface area contributed by atoms with Crippen LogP contribution in [0, 0.1) is 29.3 Å². The highest BCUT2D eigenvalue weighted by molar-refractivity contribution is 14.1. The summed E-state index contributed by atoms with van der Waals surface area (Å²) in [5.41, 5.74) is 1.44. The molecule has 2 heterocycles. The highest BCUT2D eigenvalue weighted by Crippen LogP contribution is 2.57. The van der Waals surface area contributed by atoms with Crippen LogP contribution < -0.4 is 4.90 Å². The van der Waals surface area contributed by atoms with Gasteiger partial charge in [-0.15, -0.1) is 0 Å². The molecule has 0 radical (unpaired) electrons. The maximum absolute atomic E-state index is 13.9. The molecule has 6 nitrogen and oxygen atoms in total. The number of hydrogen-bond acceptors (Lipinski definition) is 5. The van der Waals surface area contributed by atoms with E-state index in [9.17, 15) is 19.2 Å². The zero-order chi connectivity index (χ0) is 24.6. The Morgan fingerprint density at radius 2 is 1.43 bits per heavy atom. The van der Waals surface area contributed by atoms with Gasteiger partial charge in [0.1, 0.15) is 0 Å². The van der Waals surface area contributed by atoms with Gasteiger partial charge in [0.2, 0.25) is 29.0 Å². The van der Waals surface area contributed by atoms with Crippen LogP contribution in [0.5, 0.6) is 0 Å². The van der Waals surface area contributed by atoms with Gasteiger partial charge in [0.05, 0.1) is 23.6 Å². The second kappa shape index (κ2) is 7.66. The first-order valence-corrected chi connectivity index (χ1v) is 12.4. The highest BCUT2D eigenvalue weighted by atomic mass is 127. The standard InChI is InChI=1S/C28H20INO5/c1-14-7-12-18(13-15(14)2)30-26(33)21-22(27(30)34)28(35-23(21)16-8-10-17(29)11-9-16)24(31)19-5-3-4-6-20(19)25(28)32/h3-13,21-23H,1-2H3. The number of ether oxygens (including phenoxy) is 1. The number of fused-ring (bicyclic) bond motifs is 3. The Bertz CT molecular complexity index is 1430. The predicted octanol–water partition coefficient (Wildman–Crippen LogP) is 4.60. The Labute approximate surface area is 215 Å². The van der Waals surface area contributed by atoms with Gasteiger partial charge in [-0.25, -0.2) is 4.90 Å². The van der Waals surface area contributed by atoms with Gasteiger partial charge >= 0.3 is 0 Å². The Balaban J connectivity index is 1.54. The lowest BCUT2D eigenvalue weighted by molar-refractivity contribution is -0.127. The molecule has 1 spiro atoms. The van der Waals surface area contributed by atoms with Crippen LogP contribution in [0.2, 0.25) is 0 Å². The molecule has 3 unspecified atom stereocenters. The van der Waals surface area contributed by atoms with E-state index in [0.29, 0.717) is 11.3 Å². The van der Waals surface area contributed by atoms with E-state index in [2.05, 4.69) is 22.6 Å². The molecular weight excluding hydrogens is 557 g/mol. The summed E-state index contributed by atoms with van der Waals surface area (Å²) in [6, 6.07) is 19.2. The third kappa shape index (κ3) is 2.91. The van der Waals surface area contributed by atoms with Gasteiger partial charge < -0.3 is 4.74 Å². The summed E-state index contributed by atoms with van der Waals surface area (Å²) in [6.45, 7) is 3.86. The molecule has 0 saturated carbocycles. The summed E-state index contributed by atoms with van der Waals surface area (Å²) in [5, 5.41) is 0. The molecule has 3 aliphatic rings. The number of amides is 2. The van der Waals surface area contributed by atoms with E-state index in [1.165, 1.54) is 0 Å². The third-order valence-corrected chi connectivity index (χ3v) is 8.19. The molecule has 7 heteroatoms. The molecule has 35 heavy (non-hydrogen) atoms. The fraction of sp³-hybridized carbons (Fsp3) is 0.214. The van der Waals surface area contributed by atoms with Crippen molar-refractivity contribution in [2.45, 2.75) is 25.6 Å². The molecule has 1 aliphatic carbocycles. The number of rotatable bonds is 2. The molecule has 2 aliphatic heterocycles. The molecule has 3 aromatic rings. The number of anilines is 1. The summed E-state index contributed by atoms with van der Waals surface area (Å²) in [5.74, 6) is -4.38. The Morgan fingerprint density at radius 3 is 2.03 bits per heavy atom. The highest BCUT2D eigenvalue weighted by Gasteiger charge is 2.74.